The molecule has 140 valence electrons. The van der Waals surface area contributed by atoms with Crippen LogP contribution in [0.4, 0.5) is 5.69 Å². The van der Waals surface area contributed by atoms with Gasteiger partial charge in [-0.3, -0.25) is 9.59 Å². The summed E-state index contributed by atoms with van der Waals surface area (Å²) >= 11 is 0. The van der Waals surface area contributed by atoms with Crippen LogP contribution >= 0.6 is 0 Å². The summed E-state index contributed by atoms with van der Waals surface area (Å²) in [6.45, 7) is 6.33. The average Bonchev–Trinajstić information content (AvgIpc) is 3.31. The highest BCUT2D eigenvalue weighted by Crippen LogP contribution is 2.57. The Morgan fingerprint density at radius 1 is 1.07 bits per heavy atom. The van der Waals surface area contributed by atoms with Crippen molar-refractivity contribution in [2.45, 2.75) is 57.8 Å². The predicted molar refractivity (Wildman–Crippen MR) is 105 cm³/mol. The molecule has 2 fully saturated rings. The fourth-order valence-corrected chi connectivity index (χ4v) is 5.69. The number of aryl methyl sites for hydroxylation is 1. The zero-order valence-electron chi connectivity index (χ0n) is 16.2. The molecule has 1 saturated carbocycles. The van der Waals surface area contributed by atoms with Crippen molar-refractivity contribution in [1.82, 2.24) is 4.98 Å². The van der Waals surface area contributed by atoms with Crippen LogP contribution in [0, 0.1) is 18.8 Å². The molecule has 0 radical (unpaired) electrons. The van der Waals surface area contributed by atoms with Crippen molar-refractivity contribution in [3.8, 4) is 0 Å². The lowest BCUT2D eigenvalue weighted by atomic mass is 9.68. The SMILES string of the molecule is Cc1cc2c([nH]1)[C@@H]1CCC[C@@H]1[C@@H]1C(=O)N(c3ccc(C(C)C)cc3)C(=O)[C@H]21. The van der Waals surface area contributed by atoms with Crippen LogP contribution in [0.2, 0.25) is 0 Å². The second-order valence-corrected chi connectivity index (χ2v) is 8.78. The van der Waals surface area contributed by atoms with E-state index in [0.29, 0.717) is 17.5 Å². The molecule has 3 aliphatic rings. The van der Waals surface area contributed by atoms with Crippen molar-refractivity contribution >= 4 is 17.5 Å². The number of aromatic nitrogens is 1. The number of rotatable bonds is 2. The van der Waals surface area contributed by atoms with Gasteiger partial charge in [0.25, 0.3) is 0 Å². The van der Waals surface area contributed by atoms with Gasteiger partial charge in [-0.05, 0) is 60.9 Å². The van der Waals surface area contributed by atoms with Gasteiger partial charge in [-0.25, -0.2) is 4.90 Å². The summed E-state index contributed by atoms with van der Waals surface area (Å²) in [7, 11) is 0. The van der Waals surface area contributed by atoms with E-state index >= 15 is 0 Å². The molecule has 2 amide bonds. The van der Waals surface area contributed by atoms with Crippen molar-refractivity contribution in [2.24, 2.45) is 11.8 Å². The molecule has 0 bridgehead atoms. The van der Waals surface area contributed by atoms with Crippen molar-refractivity contribution < 1.29 is 9.59 Å². The topological polar surface area (TPSA) is 53.2 Å². The van der Waals surface area contributed by atoms with Gasteiger partial charge in [-0.15, -0.1) is 0 Å². The maximum atomic E-state index is 13.4. The van der Waals surface area contributed by atoms with Gasteiger partial charge < -0.3 is 4.98 Å². The van der Waals surface area contributed by atoms with E-state index < -0.39 is 0 Å². The number of nitrogens with zero attached hydrogens (tertiary/aromatic N) is 1. The molecule has 4 nitrogen and oxygen atoms in total. The molecular formula is C23H26N2O2. The zero-order chi connectivity index (χ0) is 18.9. The number of nitrogens with one attached hydrogen (secondary N) is 1. The van der Waals surface area contributed by atoms with Gasteiger partial charge >= 0.3 is 0 Å². The maximum absolute atomic E-state index is 13.4. The number of amides is 2. The van der Waals surface area contributed by atoms with E-state index in [4.69, 9.17) is 0 Å². The van der Waals surface area contributed by atoms with Crippen molar-refractivity contribution in [3.63, 3.8) is 0 Å². The molecule has 27 heavy (non-hydrogen) atoms. The molecule has 1 aromatic carbocycles. The van der Waals surface area contributed by atoms with Crippen LogP contribution < -0.4 is 4.90 Å². The molecule has 5 rings (SSSR count). The fraction of sp³-hybridized carbons (Fsp3) is 0.478. The van der Waals surface area contributed by atoms with E-state index in [2.05, 4.69) is 24.9 Å². The van der Waals surface area contributed by atoms with Gasteiger partial charge in [0.15, 0.2) is 0 Å². The van der Waals surface area contributed by atoms with Gasteiger partial charge in [-0.2, -0.15) is 0 Å². The minimum absolute atomic E-state index is 0.00343. The van der Waals surface area contributed by atoms with E-state index in [1.807, 2.05) is 31.2 Å². The van der Waals surface area contributed by atoms with Crippen LogP contribution in [0.1, 0.15) is 73.4 Å². The highest BCUT2D eigenvalue weighted by molar-refractivity contribution is 6.24. The van der Waals surface area contributed by atoms with Crippen LogP contribution in [-0.4, -0.2) is 16.8 Å². The molecule has 1 N–H and O–H groups in total. The van der Waals surface area contributed by atoms with Crippen LogP contribution in [0.25, 0.3) is 0 Å². The Balaban J connectivity index is 1.59. The van der Waals surface area contributed by atoms with E-state index in [9.17, 15) is 9.59 Å². The minimum Gasteiger partial charge on any atom is -0.362 e. The molecule has 2 aromatic rings. The van der Waals surface area contributed by atoms with E-state index in [1.165, 1.54) is 16.2 Å². The lowest BCUT2D eigenvalue weighted by Gasteiger charge is -2.33. The summed E-state index contributed by atoms with van der Waals surface area (Å²) in [5.41, 5.74) is 5.31. The number of carbonyl (C=O) groups excluding carboxylic acids is 2. The Bertz CT molecular complexity index is 924. The first-order valence-corrected chi connectivity index (χ1v) is 10.1. The largest absolute Gasteiger partial charge is 0.362 e. The third kappa shape index (κ3) is 2.28. The maximum Gasteiger partial charge on any atom is 0.242 e. The summed E-state index contributed by atoms with van der Waals surface area (Å²) in [5, 5.41) is 0. The quantitative estimate of drug-likeness (QED) is 0.793. The van der Waals surface area contributed by atoms with E-state index in [1.54, 1.807) is 0 Å². The normalized spacial score (nSPS) is 29.3. The summed E-state index contributed by atoms with van der Waals surface area (Å²) < 4.78 is 0. The van der Waals surface area contributed by atoms with Gasteiger partial charge in [-0.1, -0.05) is 32.4 Å². The van der Waals surface area contributed by atoms with Crippen molar-refractivity contribution in [3.05, 3.63) is 52.8 Å². The van der Waals surface area contributed by atoms with Crippen LogP contribution in [0.3, 0.4) is 0 Å². The second kappa shape index (κ2) is 5.82. The Hall–Kier alpha value is -2.36. The van der Waals surface area contributed by atoms with Crippen LogP contribution in [-0.2, 0) is 9.59 Å². The van der Waals surface area contributed by atoms with Crippen molar-refractivity contribution in [1.29, 1.82) is 0 Å². The molecule has 0 spiro atoms. The summed E-state index contributed by atoms with van der Waals surface area (Å²) in [4.78, 5) is 31.8. The van der Waals surface area contributed by atoms with Gasteiger partial charge in [0.2, 0.25) is 11.8 Å². The molecule has 2 heterocycles. The van der Waals surface area contributed by atoms with E-state index in [-0.39, 0.29) is 29.6 Å². The van der Waals surface area contributed by atoms with Crippen molar-refractivity contribution in [2.75, 3.05) is 4.90 Å². The average molecular weight is 362 g/mol. The monoisotopic (exact) mass is 362 g/mol. The lowest BCUT2D eigenvalue weighted by Crippen LogP contribution is -2.33. The fourth-order valence-electron chi connectivity index (χ4n) is 5.69. The number of H-pyrrole nitrogens is 1. The second-order valence-electron chi connectivity index (χ2n) is 8.78. The molecule has 1 aromatic heterocycles. The van der Waals surface area contributed by atoms with Gasteiger partial charge in [0, 0.05) is 17.3 Å². The van der Waals surface area contributed by atoms with Gasteiger partial charge in [0.1, 0.15) is 0 Å². The number of benzene rings is 1. The molecule has 1 aliphatic heterocycles. The standard InChI is InChI=1S/C23H26N2O2/c1-12(2)14-7-9-15(10-8-14)25-22(26)19-16-5-4-6-17(16)21-18(11-13(3)24-21)20(19)23(25)27/h7-12,16-17,19-20,24H,4-6H2,1-3H3/t16-,17+,19-,20+/m0/s1. The Kier molecular flexibility index (Phi) is 3.62. The number of anilines is 1. The third-order valence-electron chi connectivity index (χ3n) is 6.92. The third-order valence-corrected chi connectivity index (χ3v) is 6.92. The lowest BCUT2D eigenvalue weighted by molar-refractivity contribution is -0.123. The minimum atomic E-state index is -0.318. The molecule has 1 saturated heterocycles. The highest BCUT2D eigenvalue weighted by atomic mass is 16.2. The Morgan fingerprint density at radius 2 is 1.81 bits per heavy atom. The van der Waals surface area contributed by atoms with Crippen LogP contribution in [0.5, 0.6) is 0 Å². The van der Waals surface area contributed by atoms with E-state index in [0.717, 1.165) is 30.5 Å². The predicted octanol–water partition coefficient (Wildman–Crippen LogP) is 4.62. The first kappa shape index (κ1) is 16.8. The molecular weight excluding hydrogens is 336 g/mol. The first-order chi connectivity index (χ1) is 13.0. The Labute approximate surface area is 160 Å². The highest BCUT2D eigenvalue weighted by Gasteiger charge is 2.58. The summed E-state index contributed by atoms with van der Waals surface area (Å²) in [5.74, 6) is 0.554. The first-order valence-electron chi connectivity index (χ1n) is 10.1. The van der Waals surface area contributed by atoms with Crippen LogP contribution in [0.15, 0.2) is 30.3 Å². The molecule has 2 aliphatic carbocycles. The summed E-state index contributed by atoms with van der Waals surface area (Å²) in [6.07, 6.45) is 3.30. The number of fused-ring (bicyclic) bond motifs is 6. The zero-order valence-corrected chi connectivity index (χ0v) is 16.2. The smallest absolute Gasteiger partial charge is 0.242 e. The Morgan fingerprint density at radius 3 is 2.52 bits per heavy atom. The number of aromatic amines is 1. The number of carbonyl (C=O) groups is 2. The summed E-state index contributed by atoms with van der Waals surface area (Å²) in [6, 6.07) is 10.0. The number of hydrogen-bond acceptors (Lipinski definition) is 2. The number of imide groups is 1. The molecule has 4 atom stereocenters. The molecule has 0 unspecified atom stereocenters. The molecule has 4 heteroatoms. The number of hydrogen-bond donors (Lipinski definition) is 1. The van der Waals surface area contributed by atoms with Gasteiger partial charge in [0.05, 0.1) is 17.5 Å².